The molecular formula is C14H18BrN3. The van der Waals surface area contributed by atoms with Gasteiger partial charge in [-0.3, -0.25) is 0 Å². The van der Waals surface area contributed by atoms with E-state index in [2.05, 4.69) is 50.7 Å². The summed E-state index contributed by atoms with van der Waals surface area (Å²) in [5.41, 5.74) is 2.25. The largest absolute Gasteiger partial charge is 0.307 e. The van der Waals surface area contributed by atoms with Crippen LogP contribution in [-0.2, 0) is 6.42 Å². The number of nitrogens with zero attached hydrogens (tertiary/aromatic N) is 3. The lowest BCUT2D eigenvalue weighted by Crippen LogP contribution is -2.33. The number of likely N-dealkylation sites (tertiary alicyclic amines) is 1. The van der Waals surface area contributed by atoms with E-state index in [1.807, 2.05) is 6.07 Å². The molecule has 3 nitrogen and oxygen atoms in total. The Kier molecular flexibility index (Phi) is 3.39. The number of hydrogen-bond acceptors (Lipinski definition) is 2. The van der Waals surface area contributed by atoms with Crippen molar-refractivity contribution in [2.24, 2.45) is 5.92 Å². The average molecular weight is 308 g/mol. The molecule has 0 amide bonds. The van der Waals surface area contributed by atoms with Crippen LogP contribution in [0.15, 0.2) is 29.0 Å². The van der Waals surface area contributed by atoms with E-state index < -0.39 is 0 Å². The van der Waals surface area contributed by atoms with Crippen LogP contribution in [0.3, 0.4) is 0 Å². The quantitative estimate of drug-likeness (QED) is 0.850. The zero-order valence-corrected chi connectivity index (χ0v) is 12.2. The highest BCUT2D eigenvalue weighted by atomic mass is 79.9. The molecule has 4 heteroatoms. The third-order valence-corrected chi connectivity index (χ3v) is 4.19. The van der Waals surface area contributed by atoms with Crippen LogP contribution in [0.25, 0.3) is 5.65 Å². The summed E-state index contributed by atoms with van der Waals surface area (Å²) in [5.74, 6) is 0.761. The number of piperidine rings is 1. The van der Waals surface area contributed by atoms with Gasteiger partial charge in [-0.2, -0.15) is 0 Å². The van der Waals surface area contributed by atoms with Gasteiger partial charge in [0.15, 0.2) is 0 Å². The van der Waals surface area contributed by atoms with Crippen LogP contribution in [0.2, 0.25) is 0 Å². The molecule has 1 atom stereocenters. The number of pyridine rings is 1. The lowest BCUT2D eigenvalue weighted by molar-refractivity contribution is 0.208. The second kappa shape index (κ2) is 5.02. The Balaban J connectivity index is 1.78. The van der Waals surface area contributed by atoms with E-state index in [4.69, 9.17) is 4.98 Å². The number of imidazole rings is 1. The zero-order valence-electron chi connectivity index (χ0n) is 10.6. The SMILES string of the molecule is CN1CCCC(Cc2cn3ccc(Br)cc3n2)C1. The van der Waals surface area contributed by atoms with Gasteiger partial charge < -0.3 is 9.30 Å². The molecule has 18 heavy (non-hydrogen) atoms. The number of hydrogen-bond donors (Lipinski definition) is 0. The summed E-state index contributed by atoms with van der Waals surface area (Å²) in [5, 5.41) is 0. The standard InChI is InChI=1S/C14H18BrN3/c1-17-5-2-3-11(9-17)7-13-10-18-6-4-12(15)8-14(18)16-13/h4,6,8,10-11H,2-3,5,7,9H2,1H3. The summed E-state index contributed by atoms with van der Waals surface area (Å²) < 4.78 is 3.19. The molecule has 0 aromatic carbocycles. The van der Waals surface area contributed by atoms with E-state index in [1.165, 1.54) is 31.6 Å². The highest BCUT2D eigenvalue weighted by molar-refractivity contribution is 9.10. The first-order chi connectivity index (χ1) is 8.70. The van der Waals surface area contributed by atoms with Crippen LogP contribution in [-0.4, -0.2) is 34.4 Å². The van der Waals surface area contributed by atoms with Gasteiger partial charge in [-0.15, -0.1) is 0 Å². The normalized spacial score (nSPS) is 21.6. The van der Waals surface area contributed by atoms with E-state index in [-0.39, 0.29) is 0 Å². The van der Waals surface area contributed by atoms with E-state index in [9.17, 15) is 0 Å². The fourth-order valence-corrected chi connectivity index (χ4v) is 3.17. The van der Waals surface area contributed by atoms with Crippen LogP contribution in [0.5, 0.6) is 0 Å². The second-order valence-electron chi connectivity index (χ2n) is 5.32. The van der Waals surface area contributed by atoms with Crippen LogP contribution in [0.1, 0.15) is 18.5 Å². The van der Waals surface area contributed by atoms with Crippen LogP contribution in [0.4, 0.5) is 0 Å². The molecule has 1 saturated heterocycles. The molecule has 2 aromatic heterocycles. The van der Waals surface area contributed by atoms with Crippen molar-refractivity contribution in [2.45, 2.75) is 19.3 Å². The van der Waals surface area contributed by atoms with Gasteiger partial charge in [0.05, 0.1) is 5.69 Å². The van der Waals surface area contributed by atoms with Gasteiger partial charge in [0.1, 0.15) is 5.65 Å². The molecule has 1 fully saturated rings. The molecule has 3 heterocycles. The minimum Gasteiger partial charge on any atom is -0.307 e. The molecule has 1 aliphatic heterocycles. The molecular weight excluding hydrogens is 290 g/mol. The summed E-state index contributed by atoms with van der Waals surface area (Å²) in [4.78, 5) is 7.14. The molecule has 0 N–H and O–H groups in total. The van der Waals surface area contributed by atoms with Crippen molar-refractivity contribution in [1.29, 1.82) is 0 Å². The van der Waals surface area contributed by atoms with Crippen molar-refractivity contribution in [3.05, 3.63) is 34.7 Å². The number of aromatic nitrogens is 2. The third kappa shape index (κ3) is 2.59. The van der Waals surface area contributed by atoms with E-state index in [1.54, 1.807) is 0 Å². The fourth-order valence-electron chi connectivity index (χ4n) is 2.84. The molecule has 2 aromatic rings. The number of fused-ring (bicyclic) bond motifs is 1. The predicted octanol–water partition coefficient (Wildman–Crippen LogP) is 2.98. The van der Waals surface area contributed by atoms with Crippen molar-refractivity contribution >= 4 is 21.6 Å². The highest BCUT2D eigenvalue weighted by Crippen LogP contribution is 2.20. The average Bonchev–Trinajstić information content (AvgIpc) is 2.70. The molecule has 0 saturated carbocycles. The molecule has 0 bridgehead atoms. The van der Waals surface area contributed by atoms with Gasteiger partial charge in [0, 0.05) is 23.4 Å². The fraction of sp³-hybridized carbons (Fsp3) is 0.500. The Morgan fingerprint density at radius 2 is 2.39 bits per heavy atom. The van der Waals surface area contributed by atoms with Gasteiger partial charge in [0.2, 0.25) is 0 Å². The maximum absolute atomic E-state index is 4.71. The predicted molar refractivity (Wildman–Crippen MR) is 76.8 cm³/mol. The first-order valence-electron chi connectivity index (χ1n) is 6.52. The molecule has 0 aliphatic carbocycles. The molecule has 96 valence electrons. The van der Waals surface area contributed by atoms with Crippen LogP contribution >= 0.6 is 15.9 Å². The minimum absolute atomic E-state index is 0.761. The first-order valence-corrected chi connectivity index (χ1v) is 7.32. The van der Waals surface area contributed by atoms with Gasteiger partial charge in [-0.25, -0.2) is 4.98 Å². The van der Waals surface area contributed by atoms with E-state index in [0.717, 1.165) is 22.5 Å². The molecule has 0 spiro atoms. The Morgan fingerprint density at radius 3 is 3.22 bits per heavy atom. The third-order valence-electron chi connectivity index (χ3n) is 3.69. The monoisotopic (exact) mass is 307 g/mol. The van der Waals surface area contributed by atoms with Crippen molar-refractivity contribution in [3.8, 4) is 0 Å². The first kappa shape index (κ1) is 12.2. The lowest BCUT2D eigenvalue weighted by atomic mass is 9.94. The lowest BCUT2D eigenvalue weighted by Gasteiger charge is -2.29. The zero-order chi connectivity index (χ0) is 12.5. The van der Waals surface area contributed by atoms with Gasteiger partial charge in [0.25, 0.3) is 0 Å². The van der Waals surface area contributed by atoms with Crippen molar-refractivity contribution in [1.82, 2.24) is 14.3 Å². The van der Waals surface area contributed by atoms with Gasteiger partial charge in [-0.05, 0) is 50.9 Å². The number of rotatable bonds is 2. The maximum atomic E-state index is 4.71. The Hall–Kier alpha value is -0.870. The van der Waals surface area contributed by atoms with Crippen LogP contribution < -0.4 is 0 Å². The Morgan fingerprint density at radius 1 is 1.50 bits per heavy atom. The minimum atomic E-state index is 0.761. The maximum Gasteiger partial charge on any atom is 0.138 e. The van der Waals surface area contributed by atoms with Gasteiger partial charge >= 0.3 is 0 Å². The van der Waals surface area contributed by atoms with E-state index in [0.29, 0.717) is 0 Å². The summed E-state index contributed by atoms with van der Waals surface area (Å²) in [6.07, 6.45) is 7.98. The Labute approximate surface area is 116 Å². The number of halogens is 1. The Bertz CT molecular complexity index is 549. The molecule has 0 radical (unpaired) electrons. The van der Waals surface area contributed by atoms with Crippen molar-refractivity contribution < 1.29 is 0 Å². The molecule has 1 unspecified atom stereocenters. The summed E-state index contributed by atoms with van der Waals surface area (Å²) in [7, 11) is 2.22. The molecule has 1 aliphatic rings. The topological polar surface area (TPSA) is 20.5 Å². The van der Waals surface area contributed by atoms with Crippen molar-refractivity contribution in [3.63, 3.8) is 0 Å². The van der Waals surface area contributed by atoms with Gasteiger partial charge in [-0.1, -0.05) is 15.9 Å². The second-order valence-corrected chi connectivity index (χ2v) is 6.23. The van der Waals surface area contributed by atoms with Crippen LogP contribution in [0, 0.1) is 5.92 Å². The smallest absolute Gasteiger partial charge is 0.138 e. The van der Waals surface area contributed by atoms with E-state index >= 15 is 0 Å². The summed E-state index contributed by atoms with van der Waals surface area (Å²) in [6.45, 7) is 2.45. The molecule has 3 rings (SSSR count). The van der Waals surface area contributed by atoms with Crippen molar-refractivity contribution in [2.75, 3.05) is 20.1 Å². The highest BCUT2D eigenvalue weighted by Gasteiger charge is 2.18. The summed E-state index contributed by atoms with van der Waals surface area (Å²) in [6, 6.07) is 4.11. The summed E-state index contributed by atoms with van der Waals surface area (Å²) >= 11 is 3.49.